The van der Waals surface area contributed by atoms with Gasteiger partial charge in [0.05, 0.1) is 16.7 Å². The second-order valence-electron chi connectivity index (χ2n) is 8.60. The standard InChI is InChI=1S/C22H27ClN4O4S/c1-26-15-16(14-24-26)20(28)25-18-8-12-27(13-9-18)21(29)22(10-2-3-11-22)32(30,31)19-6-4-17(23)5-7-19/h4-7,14-15,18H,2-3,8-13H2,1H3,(H,25,28). The van der Waals surface area contributed by atoms with Gasteiger partial charge >= 0.3 is 0 Å². The quantitative estimate of drug-likeness (QED) is 0.711. The molecule has 1 aromatic heterocycles. The summed E-state index contributed by atoms with van der Waals surface area (Å²) in [7, 11) is -2.11. The van der Waals surface area contributed by atoms with Crippen LogP contribution in [0, 0.1) is 0 Å². The van der Waals surface area contributed by atoms with Crippen LogP contribution in [-0.4, -0.2) is 58.8 Å². The van der Waals surface area contributed by atoms with E-state index in [0.717, 1.165) is 0 Å². The number of amides is 2. The lowest BCUT2D eigenvalue weighted by Gasteiger charge is -2.38. The largest absolute Gasteiger partial charge is 0.349 e. The molecule has 4 rings (SSSR count). The van der Waals surface area contributed by atoms with Crippen LogP contribution in [0.2, 0.25) is 5.02 Å². The van der Waals surface area contributed by atoms with Crippen molar-refractivity contribution in [2.75, 3.05) is 13.1 Å². The molecular weight excluding hydrogens is 452 g/mol. The molecule has 2 aliphatic rings. The molecule has 1 saturated heterocycles. The van der Waals surface area contributed by atoms with Crippen LogP contribution in [0.1, 0.15) is 48.9 Å². The molecule has 0 unspecified atom stereocenters. The molecule has 0 radical (unpaired) electrons. The van der Waals surface area contributed by atoms with Gasteiger partial charge in [0.1, 0.15) is 0 Å². The molecule has 1 aliphatic carbocycles. The summed E-state index contributed by atoms with van der Waals surface area (Å²) >= 11 is 5.93. The molecule has 0 atom stereocenters. The Morgan fingerprint density at radius 1 is 1.12 bits per heavy atom. The van der Waals surface area contributed by atoms with E-state index in [2.05, 4.69) is 10.4 Å². The number of hydrogen-bond acceptors (Lipinski definition) is 5. The predicted molar refractivity (Wildman–Crippen MR) is 120 cm³/mol. The lowest BCUT2D eigenvalue weighted by atomic mass is 10.00. The van der Waals surface area contributed by atoms with Crippen LogP contribution in [0.5, 0.6) is 0 Å². The molecule has 1 N–H and O–H groups in total. The molecule has 2 aromatic rings. The van der Waals surface area contributed by atoms with Crippen molar-refractivity contribution in [3.63, 3.8) is 0 Å². The van der Waals surface area contributed by atoms with E-state index < -0.39 is 14.6 Å². The first-order valence-corrected chi connectivity index (χ1v) is 12.7. The molecule has 1 aromatic carbocycles. The summed E-state index contributed by atoms with van der Waals surface area (Å²) in [5.74, 6) is -0.512. The molecule has 8 nitrogen and oxygen atoms in total. The number of sulfone groups is 1. The zero-order chi connectivity index (χ0) is 22.9. The number of aromatic nitrogens is 2. The van der Waals surface area contributed by atoms with E-state index in [1.165, 1.54) is 30.5 Å². The predicted octanol–water partition coefficient (Wildman–Crippen LogP) is 2.58. The Labute approximate surface area is 192 Å². The Morgan fingerprint density at radius 2 is 1.75 bits per heavy atom. The molecule has 2 fully saturated rings. The van der Waals surface area contributed by atoms with Crippen LogP contribution in [-0.2, 0) is 21.7 Å². The van der Waals surface area contributed by atoms with Gasteiger partial charge in [-0.1, -0.05) is 24.4 Å². The van der Waals surface area contributed by atoms with Crippen LogP contribution in [0.15, 0.2) is 41.6 Å². The first-order valence-electron chi connectivity index (χ1n) is 10.8. The Morgan fingerprint density at radius 3 is 2.31 bits per heavy atom. The molecule has 172 valence electrons. The minimum Gasteiger partial charge on any atom is -0.349 e. The van der Waals surface area contributed by atoms with E-state index in [-0.39, 0.29) is 22.8 Å². The van der Waals surface area contributed by atoms with Crippen LogP contribution >= 0.6 is 11.6 Å². The number of halogens is 1. The number of likely N-dealkylation sites (tertiary alicyclic amines) is 1. The lowest BCUT2D eigenvalue weighted by Crippen LogP contribution is -2.55. The average Bonchev–Trinajstić information content (AvgIpc) is 3.44. The van der Waals surface area contributed by atoms with Gasteiger partial charge in [-0.3, -0.25) is 14.3 Å². The highest BCUT2D eigenvalue weighted by molar-refractivity contribution is 7.93. The zero-order valence-electron chi connectivity index (χ0n) is 18.0. The van der Waals surface area contributed by atoms with Crippen molar-refractivity contribution in [3.8, 4) is 0 Å². The third-order valence-corrected chi connectivity index (χ3v) is 9.28. The van der Waals surface area contributed by atoms with Crippen LogP contribution in [0.25, 0.3) is 0 Å². The van der Waals surface area contributed by atoms with E-state index in [9.17, 15) is 18.0 Å². The van der Waals surface area contributed by atoms with Crippen molar-refractivity contribution in [1.29, 1.82) is 0 Å². The highest BCUT2D eigenvalue weighted by atomic mass is 35.5. The number of hydrogen-bond donors (Lipinski definition) is 1. The van der Waals surface area contributed by atoms with Gasteiger partial charge < -0.3 is 10.2 Å². The smallest absolute Gasteiger partial charge is 0.254 e. The topological polar surface area (TPSA) is 101 Å². The van der Waals surface area contributed by atoms with Crippen molar-refractivity contribution in [2.24, 2.45) is 7.05 Å². The maximum Gasteiger partial charge on any atom is 0.254 e. The minimum atomic E-state index is -3.86. The third-order valence-electron chi connectivity index (χ3n) is 6.52. The van der Waals surface area contributed by atoms with Gasteiger partial charge in [-0.2, -0.15) is 5.10 Å². The maximum absolute atomic E-state index is 13.6. The molecule has 10 heteroatoms. The van der Waals surface area contributed by atoms with Gasteiger partial charge in [0.2, 0.25) is 5.91 Å². The molecule has 0 bridgehead atoms. The summed E-state index contributed by atoms with van der Waals surface area (Å²) in [6.45, 7) is 0.823. The van der Waals surface area contributed by atoms with E-state index in [0.29, 0.717) is 62.2 Å². The number of nitrogens with one attached hydrogen (secondary N) is 1. The number of piperidine rings is 1. The molecular formula is C22H27ClN4O4S. The van der Waals surface area contributed by atoms with E-state index in [1.807, 2.05) is 0 Å². The van der Waals surface area contributed by atoms with E-state index in [1.54, 1.807) is 22.8 Å². The summed E-state index contributed by atoms with van der Waals surface area (Å²) in [6.07, 6.45) is 6.39. The zero-order valence-corrected chi connectivity index (χ0v) is 19.5. The van der Waals surface area contributed by atoms with Crippen molar-refractivity contribution in [3.05, 3.63) is 47.2 Å². The normalized spacial score (nSPS) is 19.1. The lowest BCUT2D eigenvalue weighted by molar-refractivity contribution is -0.135. The monoisotopic (exact) mass is 478 g/mol. The number of benzene rings is 1. The average molecular weight is 479 g/mol. The Kier molecular flexibility index (Phi) is 6.31. The second-order valence-corrected chi connectivity index (χ2v) is 11.3. The highest BCUT2D eigenvalue weighted by Crippen LogP contribution is 2.42. The summed E-state index contributed by atoms with van der Waals surface area (Å²) in [5, 5.41) is 7.45. The third kappa shape index (κ3) is 4.15. The summed E-state index contributed by atoms with van der Waals surface area (Å²) in [4.78, 5) is 27.8. The SMILES string of the molecule is Cn1cc(C(=O)NC2CCN(C(=O)C3(S(=O)(=O)c4ccc(Cl)cc4)CCCC3)CC2)cn1. The van der Waals surface area contributed by atoms with Gasteiger partial charge in [-0.25, -0.2) is 8.42 Å². The van der Waals surface area contributed by atoms with Crippen LogP contribution < -0.4 is 5.32 Å². The first-order chi connectivity index (χ1) is 15.2. The molecule has 0 spiro atoms. The Hall–Kier alpha value is -2.39. The summed E-state index contributed by atoms with van der Waals surface area (Å²) in [6, 6.07) is 5.96. The number of carbonyl (C=O) groups excluding carboxylic acids is 2. The van der Waals surface area contributed by atoms with E-state index >= 15 is 0 Å². The maximum atomic E-state index is 13.6. The summed E-state index contributed by atoms with van der Waals surface area (Å²) in [5.41, 5.74) is 0.491. The number of nitrogens with zero attached hydrogens (tertiary/aromatic N) is 3. The molecule has 2 heterocycles. The van der Waals surface area contributed by atoms with Crippen molar-refractivity contribution >= 4 is 33.3 Å². The number of rotatable bonds is 5. The molecule has 32 heavy (non-hydrogen) atoms. The fraction of sp³-hybridized carbons (Fsp3) is 0.500. The first kappa shape index (κ1) is 22.8. The number of aryl methyl sites for hydroxylation is 1. The highest BCUT2D eigenvalue weighted by Gasteiger charge is 2.54. The summed E-state index contributed by atoms with van der Waals surface area (Å²) < 4.78 is 27.3. The molecule has 2 amide bonds. The van der Waals surface area contributed by atoms with E-state index in [4.69, 9.17) is 11.6 Å². The van der Waals surface area contributed by atoms with Gasteiger partial charge in [0.25, 0.3) is 5.91 Å². The van der Waals surface area contributed by atoms with Gasteiger partial charge in [0, 0.05) is 37.4 Å². The van der Waals surface area contributed by atoms with Gasteiger partial charge in [-0.05, 0) is 49.9 Å². The fourth-order valence-corrected chi connectivity index (χ4v) is 6.96. The molecule has 1 aliphatic heterocycles. The Balaban J connectivity index is 1.46. The molecule has 1 saturated carbocycles. The van der Waals surface area contributed by atoms with Crippen LogP contribution in [0.4, 0.5) is 0 Å². The fourth-order valence-electron chi connectivity index (χ4n) is 4.71. The van der Waals surface area contributed by atoms with Crippen molar-refractivity contribution in [2.45, 2.75) is 54.2 Å². The van der Waals surface area contributed by atoms with Crippen molar-refractivity contribution in [1.82, 2.24) is 20.0 Å². The van der Waals surface area contributed by atoms with Gasteiger partial charge in [-0.15, -0.1) is 0 Å². The minimum absolute atomic E-state index is 0.0702. The van der Waals surface area contributed by atoms with Gasteiger partial charge in [0.15, 0.2) is 14.6 Å². The number of carbonyl (C=O) groups is 2. The second kappa shape index (κ2) is 8.86. The Bertz CT molecular complexity index is 1100. The van der Waals surface area contributed by atoms with Crippen molar-refractivity contribution < 1.29 is 18.0 Å². The van der Waals surface area contributed by atoms with Crippen LogP contribution in [0.3, 0.4) is 0 Å².